The molecule has 1 saturated heterocycles. The number of thiophene rings is 1. The van der Waals surface area contributed by atoms with Crippen LogP contribution < -0.4 is 9.64 Å². The highest BCUT2D eigenvalue weighted by Gasteiger charge is 2.43. The number of carbonyl (C=O) groups excluding carboxylic acids is 2. The second-order valence-corrected chi connectivity index (χ2v) is 9.15. The van der Waals surface area contributed by atoms with Gasteiger partial charge in [-0.05, 0) is 55.3 Å². The van der Waals surface area contributed by atoms with E-state index in [1.165, 1.54) is 17.0 Å². The molecule has 5 rings (SSSR count). The number of imide groups is 1. The summed E-state index contributed by atoms with van der Waals surface area (Å²) in [5, 5.41) is 1.97. The first-order valence-electron chi connectivity index (χ1n) is 10.6. The number of aromatic nitrogens is 1. The zero-order valence-electron chi connectivity index (χ0n) is 17.4. The minimum Gasteiger partial charge on any atom is -0.489 e. The third-order valence-corrected chi connectivity index (χ3v) is 6.93. The maximum absolute atomic E-state index is 13.1. The molecule has 2 aliphatic rings. The van der Waals surface area contributed by atoms with E-state index in [9.17, 15) is 22.8 Å². The van der Waals surface area contributed by atoms with Crippen LogP contribution in [-0.4, -0.2) is 40.5 Å². The minimum absolute atomic E-state index is 0.0483. The predicted molar refractivity (Wildman–Crippen MR) is 117 cm³/mol. The quantitative estimate of drug-likeness (QED) is 0.469. The van der Waals surface area contributed by atoms with Gasteiger partial charge in [0.2, 0.25) is 0 Å². The van der Waals surface area contributed by atoms with E-state index in [4.69, 9.17) is 4.74 Å². The molecule has 0 unspecified atom stereocenters. The molecule has 0 atom stereocenters. The second-order valence-electron chi connectivity index (χ2n) is 8.20. The Morgan fingerprint density at radius 3 is 2.61 bits per heavy atom. The maximum atomic E-state index is 13.1. The summed E-state index contributed by atoms with van der Waals surface area (Å²) in [6, 6.07) is 7.53. The van der Waals surface area contributed by atoms with Gasteiger partial charge in [-0.3, -0.25) is 19.6 Å². The molecule has 1 aliphatic heterocycles. The van der Waals surface area contributed by atoms with Crippen molar-refractivity contribution in [3.05, 3.63) is 53.5 Å². The van der Waals surface area contributed by atoms with Crippen LogP contribution in [-0.2, 0) is 11.0 Å². The molecule has 3 amide bonds. The van der Waals surface area contributed by atoms with Gasteiger partial charge in [0.25, 0.3) is 5.91 Å². The van der Waals surface area contributed by atoms with Crippen molar-refractivity contribution >= 4 is 39.2 Å². The topological polar surface area (TPSA) is 62.7 Å². The fourth-order valence-corrected chi connectivity index (χ4v) is 5.20. The summed E-state index contributed by atoms with van der Waals surface area (Å²) < 4.78 is 46.3. The molecule has 0 N–H and O–H groups in total. The van der Waals surface area contributed by atoms with Gasteiger partial charge in [-0.25, -0.2) is 4.79 Å². The van der Waals surface area contributed by atoms with Crippen LogP contribution in [0.2, 0.25) is 0 Å². The van der Waals surface area contributed by atoms with E-state index in [1.807, 2.05) is 17.5 Å². The molecule has 2 fully saturated rings. The Morgan fingerprint density at radius 2 is 1.85 bits per heavy atom. The molecule has 2 aromatic heterocycles. The molecule has 172 valence electrons. The summed E-state index contributed by atoms with van der Waals surface area (Å²) in [7, 11) is 0. The van der Waals surface area contributed by atoms with Crippen molar-refractivity contribution in [3.8, 4) is 5.75 Å². The predicted octanol–water partition coefficient (Wildman–Crippen LogP) is 5.47. The molecule has 1 aromatic carbocycles. The molecular formula is C23H20F3N3O3S. The zero-order valence-corrected chi connectivity index (χ0v) is 18.2. The molecule has 10 heteroatoms. The molecule has 1 aliphatic carbocycles. The van der Waals surface area contributed by atoms with Crippen LogP contribution in [0.15, 0.2) is 48.0 Å². The van der Waals surface area contributed by atoms with Crippen molar-refractivity contribution in [2.45, 2.75) is 44.0 Å². The monoisotopic (exact) mass is 475 g/mol. The van der Waals surface area contributed by atoms with E-state index in [1.54, 1.807) is 17.5 Å². The average molecular weight is 475 g/mol. The number of carbonyl (C=O) groups is 2. The van der Waals surface area contributed by atoms with Crippen molar-refractivity contribution in [2.75, 3.05) is 11.4 Å². The normalized spacial score (nSPS) is 21.8. The summed E-state index contributed by atoms with van der Waals surface area (Å²) in [5.41, 5.74) is 0.137. The number of pyridine rings is 1. The van der Waals surface area contributed by atoms with Gasteiger partial charge >= 0.3 is 12.2 Å². The lowest BCUT2D eigenvalue weighted by Gasteiger charge is -2.33. The van der Waals surface area contributed by atoms with Gasteiger partial charge in [-0.15, -0.1) is 11.3 Å². The Labute approximate surface area is 191 Å². The number of fused-ring (bicyclic) bond motifs is 1. The van der Waals surface area contributed by atoms with Crippen LogP contribution in [0.5, 0.6) is 5.75 Å². The lowest BCUT2D eigenvalue weighted by molar-refractivity contribution is -0.137. The van der Waals surface area contributed by atoms with Gasteiger partial charge < -0.3 is 4.74 Å². The third-order valence-electron chi connectivity index (χ3n) is 6.07. The van der Waals surface area contributed by atoms with E-state index < -0.39 is 23.7 Å². The Morgan fingerprint density at radius 1 is 1.06 bits per heavy atom. The number of anilines is 1. The highest BCUT2D eigenvalue weighted by Crippen LogP contribution is 2.35. The highest BCUT2D eigenvalue weighted by molar-refractivity contribution is 7.17. The second kappa shape index (κ2) is 8.33. The number of benzene rings is 1. The molecule has 1 saturated carbocycles. The number of ether oxygens (including phenoxy) is 1. The minimum atomic E-state index is -4.52. The van der Waals surface area contributed by atoms with Crippen LogP contribution in [0.3, 0.4) is 0 Å². The zero-order chi connectivity index (χ0) is 23.2. The number of alkyl halides is 3. The van der Waals surface area contributed by atoms with Gasteiger partial charge in [0.05, 0.1) is 28.1 Å². The number of halogens is 3. The largest absolute Gasteiger partial charge is 0.489 e. The number of urea groups is 1. The van der Waals surface area contributed by atoms with E-state index in [-0.39, 0.29) is 24.4 Å². The smallest absolute Gasteiger partial charge is 0.416 e. The van der Waals surface area contributed by atoms with Crippen molar-refractivity contribution in [1.82, 2.24) is 9.88 Å². The fraction of sp³-hybridized carbons (Fsp3) is 0.348. The summed E-state index contributed by atoms with van der Waals surface area (Å²) in [5.74, 6) is 0.298. The number of hydrogen-bond donors (Lipinski definition) is 0. The Kier molecular flexibility index (Phi) is 5.48. The molecule has 6 nitrogen and oxygen atoms in total. The number of nitrogens with zero attached hydrogens (tertiary/aromatic N) is 3. The first-order valence-corrected chi connectivity index (χ1v) is 11.5. The molecular weight excluding hydrogens is 455 g/mol. The fourth-order valence-electron chi connectivity index (χ4n) is 4.43. The van der Waals surface area contributed by atoms with E-state index in [0.29, 0.717) is 31.4 Å². The van der Waals surface area contributed by atoms with E-state index in [2.05, 4.69) is 4.98 Å². The lowest BCUT2D eigenvalue weighted by Crippen LogP contribution is -2.44. The summed E-state index contributed by atoms with van der Waals surface area (Å²) >= 11 is 1.59. The van der Waals surface area contributed by atoms with E-state index >= 15 is 0 Å². The molecule has 33 heavy (non-hydrogen) atoms. The molecule has 0 bridgehead atoms. The van der Waals surface area contributed by atoms with Crippen LogP contribution in [0.1, 0.15) is 31.2 Å². The molecule has 3 aromatic rings. The van der Waals surface area contributed by atoms with Crippen molar-refractivity contribution in [1.29, 1.82) is 0 Å². The molecule has 0 spiro atoms. The van der Waals surface area contributed by atoms with Crippen LogP contribution in [0.25, 0.3) is 10.2 Å². The van der Waals surface area contributed by atoms with Gasteiger partial charge in [0, 0.05) is 17.8 Å². The first-order chi connectivity index (χ1) is 15.8. The number of rotatable bonds is 4. The van der Waals surface area contributed by atoms with Gasteiger partial charge in [0.15, 0.2) is 0 Å². The van der Waals surface area contributed by atoms with Gasteiger partial charge in [-0.2, -0.15) is 13.2 Å². The average Bonchev–Trinajstić information content (AvgIpc) is 3.37. The van der Waals surface area contributed by atoms with E-state index in [0.717, 1.165) is 27.2 Å². The standard InChI is InChI=1S/C23H20F3N3O3S/c24-23(25,26)14-2-1-3-16(10-14)28-13-21(30)29(22(28)31)15-4-6-17(7-5-15)32-18-11-20-19(27-12-18)8-9-33-20/h1-3,8-12,15,17H,4-7,13H2/t15-,17-. The maximum Gasteiger partial charge on any atom is 0.416 e. The first kappa shape index (κ1) is 21.7. The highest BCUT2D eigenvalue weighted by atomic mass is 32.1. The van der Waals surface area contributed by atoms with Gasteiger partial charge in [0.1, 0.15) is 12.3 Å². The number of hydrogen-bond acceptors (Lipinski definition) is 5. The SMILES string of the molecule is O=C1CN(c2cccc(C(F)(F)F)c2)C(=O)N1[C@H]1CC[C@H](Oc2cnc3ccsc3c2)CC1. The molecule has 0 radical (unpaired) electrons. The van der Waals surface area contributed by atoms with Crippen LogP contribution >= 0.6 is 11.3 Å². The molecule has 3 heterocycles. The van der Waals surface area contributed by atoms with Crippen LogP contribution in [0, 0.1) is 0 Å². The lowest BCUT2D eigenvalue weighted by atomic mass is 9.92. The Balaban J connectivity index is 1.23. The van der Waals surface area contributed by atoms with Crippen molar-refractivity contribution in [3.63, 3.8) is 0 Å². The van der Waals surface area contributed by atoms with Gasteiger partial charge in [-0.1, -0.05) is 6.07 Å². The third kappa shape index (κ3) is 4.27. The summed E-state index contributed by atoms with van der Waals surface area (Å²) in [6.07, 6.45) is -0.401. The number of amides is 3. The Hall–Kier alpha value is -3.14. The van der Waals surface area contributed by atoms with Crippen molar-refractivity contribution in [2.24, 2.45) is 0 Å². The Bertz CT molecular complexity index is 1200. The van der Waals surface area contributed by atoms with Crippen LogP contribution in [0.4, 0.5) is 23.7 Å². The summed E-state index contributed by atoms with van der Waals surface area (Å²) in [4.78, 5) is 32.3. The summed E-state index contributed by atoms with van der Waals surface area (Å²) in [6.45, 7) is -0.261. The van der Waals surface area contributed by atoms with Crippen molar-refractivity contribution < 1.29 is 27.5 Å².